The van der Waals surface area contributed by atoms with Gasteiger partial charge in [0.25, 0.3) is 0 Å². The second-order valence-corrected chi connectivity index (χ2v) is 6.06. The number of anilines is 1. The van der Waals surface area contributed by atoms with Crippen LogP contribution < -0.4 is 10.6 Å². The lowest BCUT2D eigenvalue weighted by Crippen LogP contribution is -2.37. The number of nitrogens with zero attached hydrogens (tertiary/aromatic N) is 2. The van der Waals surface area contributed by atoms with E-state index in [1.54, 1.807) is 24.4 Å². The van der Waals surface area contributed by atoms with E-state index in [1.165, 1.54) is 0 Å². The highest BCUT2D eigenvalue weighted by molar-refractivity contribution is 5.91. The number of amides is 2. The molecule has 1 aromatic carbocycles. The third-order valence-electron chi connectivity index (χ3n) is 3.77. The number of oxazole rings is 1. The number of carbonyl (C=O) groups is 1. The van der Waals surface area contributed by atoms with Crippen LogP contribution in [0.2, 0.25) is 0 Å². The lowest BCUT2D eigenvalue weighted by Gasteiger charge is -2.15. The number of rotatable bonds is 5. The summed E-state index contributed by atoms with van der Waals surface area (Å²) in [6.07, 6.45) is 1.09. The molecule has 130 valence electrons. The van der Waals surface area contributed by atoms with Gasteiger partial charge in [0.2, 0.25) is 5.89 Å². The maximum Gasteiger partial charge on any atom is 0.319 e. The van der Waals surface area contributed by atoms with Gasteiger partial charge in [-0.1, -0.05) is 19.9 Å². The first kappa shape index (κ1) is 16.9. The molecule has 0 aliphatic rings. The zero-order valence-corrected chi connectivity index (χ0v) is 14.1. The molecule has 3 aromatic rings. The summed E-state index contributed by atoms with van der Waals surface area (Å²) in [4.78, 5) is 20.5. The third-order valence-corrected chi connectivity index (χ3v) is 3.77. The van der Waals surface area contributed by atoms with Crippen LogP contribution in [0.15, 0.2) is 47.0 Å². The van der Waals surface area contributed by atoms with Crippen molar-refractivity contribution in [3.63, 3.8) is 0 Å². The van der Waals surface area contributed by atoms with Crippen LogP contribution in [0.25, 0.3) is 22.7 Å². The summed E-state index contributed by atoms with van der Waals surface area (Å²) >= 11 is 0. The van der Waals surface area contributed by atoms with Gasteiger partial charge in [0.15, 0.2) is 5.58 Å². The molecule has 2 heterocycles. The first-order valence-electron chi connectivity index (χ1n) is 8.08. The molecule has 0 fully saturated rings. The molecule has 0 bridgehead atoms. The second-order valence-electron chi connectivity index (χ2n) is 6.06. The Morgan fingerprint density at radius 2 is 2.12 bits per heavy atom. The normalized spacial score (nSPS) is 12.3. The van der Waals surface area contributed by atoms with Gasteiger partial charge in [0.1, 0.15) is 11.2 Å². The van der Waals surface area contributed by atoms with Crippen LogP contribution in [-0.2, 0) is 0 Å². The molecule has 2 aromatic heterocycles. The van der Waals surface area contributed by atoms with Crippen LogP contribution >= 0.6 is 0 Å². The first-order valence-corrected chi connectivity index (χ1v) is 8.08. The van der Waals surface area contributed by atoms with Gasteiger partial charge in [0, 0.05) is 24.5 Å². The fourth-order valence-electron chi connectivity index (χ4n) is 2.21. The number of pyridine rings is 1. The molecule has 7 nitrogen and oxygen atoms in total. The Balaban J connectivity index is 1.70. The van der Waals surface area contributed by atoms with E-state index >= 15 is 0 Å². The van der Waals surface area contributed by atoms with E-state index in [1.807, 2.05) is 32.0 Å². The summed E-state index contributed by atoms with van der Waals surface area (Å²) in [5.41, 5.74) is 2.46. The predicted octanol–water partition coefficient (Wildman–Crippen LogP) is 3.03. The summed E-state index contributed by atoms with van der Waals surface area (Å²) in [6.45, 7) is 3.97. The number of nitrogens with one attached hydrogen (secondary N) is 2. The fourth-order valence-corrected chi connectivity index (χ4v) is 2.21. The van der Waals surface area contributed by atoms with Crippen molar-refractivity contribution in [2.24, 2.45) is 5.92 Å². The largest absolute Gasteiger partial charge is 0.435 e. The van der Waals surface area contributed by atoms with Gasteiger partial charge in [-0.05, 0) is 30.2 Å². The van der Waals surface area contributed by atoms with Gasteiger partial charge in [-0.25, -0.2) is 9.78 Å². The van der Waals surface area contributed by atoms with Crippen LogP contribution in [0, 0.1) is 5.92 Å². The summed E-state index contributed by atoms with van der Waals surface area (Å²) in [5, 5.41) is 15.1. The Kier molecular flexibility index (Phi) is 4.95. The molecular weight excluding hydrogens is 320 g/mol. The first-order chi connectivity index (χ1) is 12.0. The van der Waals surface area contributed by atoms with Gasteiger partial charge in [-0.15, -0.1) is 0 Å². The molecule has 7 heteroatoms. The lowest BCUT2D eigenvalue weighted by atomic mass is 10.1. The van der Waals surface area contributed by atoms with E-state index in [0.717, 1.165) is 0 Å². The topological polar surface area (TPSA) is 100 Å². The summed E-state index contributed by atoms with van der Waals surface area (Å²) in [6, 6.07) is 10.3. The van der Waals surface area contributed by atoms with Gasteiger partial charge in [-0.2, -0.15) is 0 Å². The zero-order chi connectivity index (χ0) is 17.8. The SMILES string of the molecule is CC(C)C(O)CNC(=O)Nc1ccc2nc(-c3ccccn3)oc2c1. The van der Waals surface area contributed by atoms with Crippen molar-refractivity contribution in [3.05, 3.63) is 42.6 Å². The van der Waals surface area contributed by atoms with E-state index in [0.29, 0.717) is 28.4 Å². The fraction of sp³-hybridized carbons (Fsp3) is 0.278. The standard InChI is InChI=1S/C18H20N4O3/c1-11(2)15(23)10-20-18(24)21-12-6-7-13-16(9-12)25-17(22-13)14-5-3-4-8-19-14/h3-9,11,15,23H,10H2,1-2H3,(H2,20,21,24). The van der Waals surface area contributed by atoms with Crippen molar-refractivity contribution in [3.8, 4) is 11.6 Å². The number of aromatic nitrogens is 2. The lowest BCUT2D eigenvalue weighted by molar-refractivity contribution is 0.126. The number of fused-ring (bicyclic) bond motifs is 1. The Morgan fingerprint density at radius 3 is 2.84 bits per heavy atom. The van der Waals surface area contributed by atoms with Crippen molar-refractivity contribution < 1.29 is 14.3 Å². The Labute approximate surface area is 145 Å². The molecule has 3 rings (SSSR count). The number of hydrogen-bond donors (Lipinski definition) is 3. The van der Waals surface area contributed by atoms with Crippen LogP contribution in [0.1, 0.15) is 13.8 Å². The minimum Gasteiger partial charge on any atom is -0.435 e. The second kappa shape index (κ2) is 7.31. The molecule has 0 spiro atoms. The number of aliphatic hydroxyl groups excluding tert-OH is 1. The number of aliphatic hydroxyl groups is 1. The molecule has 0 saturated heterocycles. The van der Waals surface area contributed by atoms with Crippen LogP contribution in [0.3, 0.4) is 0 Å². The Bertz CT molecular complexity index is 861. The van der Waals surface area contributed by atoms with Crippen LogP contribution in [-0.4, -0.2) is 33.8 Å². The monoisotopic (exact) mass is 340 g/mol. The maximum absolute atomic E-state index is 11.9. The van der Waals surface area contributed by atoms with Gasteiger partial charge in [0.05, 0.1) is 6.10 Å². The molecule has 3 N–H and O–H groups in total. The smallest absolute Gasteiger partial charge is 0.319 e. The van der Waals surface area contributed by atoms with Crippen LogP contribution in [0.4, 0.5) is 10.5 Å². The summed E-state index contributed by atoms with van der Waals surface area (Å²) in [5.74, 6) is 0.508. The van der Waals surface area contributed by atoms with E-state index in [-0.39, 0.29) is 18.5 Å². The van der Waals surface area contributed by atoms with Crippen molar-refractivity contribution in [2.75, 3.05) is 11.9 Å². The van der Waals surface area contributed by atoms with E-state index in [2.05, 4.69) is 20.6 Å². The van der Waals surface area contributed by atoms with E-state index in [4.69, 9.17) is 4.42 Å². The Morgan fingerprint density at radius 1 is 1.28 bits per heavy atom. The summed E-state index contributed by atoms with van der Waals surface area (Å²) in [7, 11) is 0. The maximum atomic E-state index is 11.9. The van der Waals surface area contributed by atoms with E-state index < -0.39 is 6.10 Å². The van der Waals surface area contributed by atoms with E-state index in [9.17, 15) is 9.90 Å². The molecule has 1 unspecified atom stereocenters. The van der Waals surface area contributed by atoms with Crippen molar-refractivity contribution in [2.45, 2.75) is 20.0 Å². The van der Waals surface area contributed by atoms with Gasteiger partial charge in [-0.3, -0.25) is 4.98 Å². The molecule has 25 heavy (non-hydrogen) atoms. The molecule has 0 aliphatic heterocycles. The van der Waals surface area contributed by atoms with Crippen LogP contribution in [0.5, 0.6) is 0 Å². The number of benzene rings is 1. The molecule has 2 amide bonds. The highest BCUT2D eigenvalue weighted by Gasteiger charge is 2.12. The average molecular weight is 340 g/mol. The van der Waals surface area contributed by atoms with Crippen molar-refractivity contribution >= 4 is 22.8 Å². The number of carbonyl (C=O) groups excluding carboxylic acids is 1. The van der Waals surface area contributed by atoms with Gasteiger partial charge < -0.3 is 20.2 Å². The quantitative estimate of drug-likeness (QED) is 0.663. The summed E-state index contributed by atoms with van der Waals surface area (Å²) < 4.78 is 5.72. The molecular formula is C18H20N4O3. The molecule has 0 aliphatic carbocycles. The Hall–Kier alpha value is -2.93. The van der Waals surface area contributed by atoms with Crippen molar-refractivity contribution in [1.82, 2.24) is 15.3 Å². The molecule has 1 atom stereocenters. The zero-order valence-electron chi connectivity index (χ0n) is 14.1. The molecule has 0 saturated carbocycles. The predicted molar refractivity (Wildman–Crippen MR) is 95.1 cm³/mol. The highest BCUT2D eigenvalue weighted by atomic mass is 16.3. The van der Waals surface area contributed by atoms with Gasteiger partial charge >= 0.3 is 6.03 Å². The third kappa shape index (κ3) is 4.13. The molecule has 0 radical (unpaired) electrons. The van der Waals surface area contributed by atoms with Crippen molar-refractivity contribution in [1.29, 1.82) is 0 Å². The minimum atomic E-state index is -0.580. The minimum absolute atomic E-state index is 0.0795. The number of urea groups is 1. The average Bonchev–Trinajstić information content (AvgIpc) is 3.03. The highest BCUT2D eigenvalue weighted by Crippen LogP contribution is 2.25. The number of hydrogen-bond acceptors (Lipinski definition) is 5.